The van der Waals surface area contributed by atoms with Gasteiger partial charge in [-0.15, -0.1) is 25.3 Å². The van der Waals surface area contributed by atoms with Crippen molar-refractivity contribution in [3.05, 3.63) is 18.3 Å². The van der Waals surface area contributed by atoms with Crippen molar-refractivity contribution in [2.75, 3.05) is 0 Å². The van der Waals surface area contributed by atoms with E-state index < -0.39 is 0 Å². The largest absolute Gasteiger partial charge is 0.244 e. The van der Waals surface area contributed by atoms with Gasteiger partial charge in [-0.1, -0.05) is 11.3 Å². The Morgan fingerprint density at radius 1 is 1.46 bits per heavy atom. The smallest absolute Gasteiger partial charge is 0.213 e. The third-order valence-electron chi connectivity index (χ3n) is 1.35. The zero-order chi connectivity index (χ0) is 9.26. The predicted octanol–water partition coefficient (Wildman–Crippen LogP) is 2.54. The summed E-state index contributed by atoms with van der Waals surface area (Å²) in [5.41, 5.74) is 0.856. The fraction of sp³-hybridized carbons (Fsp3) is 0. The Kier molecular flexibility index (Phi) is 2.52. The Labute approximate surface area is 89.8 Å². The minimum atomic E-state index is 0.402. The lowest BCUT2D eigenvalue weighted by molar-refractivity contribution is 1.38. The van der Waals surface area contributed by atoms with Gasteiger partial charge in [-0.2, -0.15) is 0 Å². The maximum atomic E-state index is 4.22. The van der Waals surface area contributed by atoms with Crippen molar-refractivity contribution in [3.63, 3.8) is 0 Å². The van der Waals surface area contributed by atoms with Crippen molar-refractivity contribution in [2.24, 2.45) is 4.99 Å². The SMILES string of the molecule is SC(S)=Nc1nc2cccnc2s1. The van der Waals surface area contributed by atoms with E-state index in [0.717, 1.165) is 10.3 Å². The van der Waals surface area contributed by atoms with Crippen LogP contribution in [-0.4, -0.2) is 14.3 Å². The molecule has 3 nitrogen and oxygen atoms in total. The number of hydrogen-bond acceptors (Lipinski definition) is 4. The lowest BCUT2D eigenvalue weighted by Crippen LogP contribution is -1.70. The van der Waals surface area contributed by atoms with Crippen LogP contribution in [0.2, 0.25) is 0 Å². The summed E-state index contributed by atoms with van der Waals surface area (Å²) >= 11 is 9.32. The second-order valence-corrected chi connectivity index (χ2v) is 4.39. The molecule has 0 fully saturated rings. The number of pyridine rings is 1. The highest BCUT2D eigenvalue weighted by Crippen LogP contribution is 2.26. The first kappa shape index (κ1) is 8.98. The van der Waals surface area contributed by atoms with E-state index in [0.29, 0.717) is 9.51 Å². The average molecular weight is 227 g/mol. The molecule has 0 bridgehead atoms. The number of fused-ring (bicyclic) bond motifs is 1. The molecule has 0 saturated heterocycles. The highest BCUT2D eigenvalue weighted by Gasteiger charge is 2.01. The van der Waals surface area contributed by atoms with E-state index in [1.807, 2.05) is 12.1 Å². The van der Waals surface area contributed by atoms with Crippen LogP contribution < -0.4 is 0 Å². The molecule has 0 aliphatic carbocycles. The minimum absolute atomic E-state index is 0.402. The van der Waals surface area contributed by atoms with Crippen LogP contribution in [0, 0.1) is 0 Å². The number of thiol groups is 2. The molecule has 66 valence electrons. The lowest BCUT2D eigenvalue weighted by Gasteiger charge is -1.81. The first-order chi connectivity index (χ1) is 6.25. The van der Waals surface area contributed by atoms with Crippen LogP contribution in [0.1, 0.15) is 0 Å². The van der Waals surface area contributed by atoms with E-state index in [1.54, 1.807) is 6.20 Å². The van der Waals surface area contributed by atoms with E-state index in [4.69, 9.17) is 0 Å². The zero-order valence-electron chi connectivity index (χ0n) is 6.38. The predicted molar refractivity (Wildman–Crippen MR) is 62.5 cm³/mol. The summed E-state index contributed by atoms with van der Waals surface area (Å²) in [5, 5.41) is 0.633. The van der Waals surface area contributed by atoms with Crippen LogP contribution in [0.5, 0.6) is 0 Å². The molecular weight excluding hydrogens is 222 g/mol. The van der Waals surface area contributed by atoms with Gasteiger partial charge in [0.05, 0.1) is 0 Å². The Morgan fingerprint density at radius 3 is 3.00 bits per heavy atom. The number of hydrogen-bond donors (Lipinski definition) is 2. The number of aliphatic imine (C=N–C) groups is 1. The molecule has 2 heterocycles. The molecule has 0 aliphatic rings. The molecule has 0 saturated carbocycles. The van der Waals surface area contributed by atoms with Crippen molar-refractivity contribution in [3.8, 4) is 0 Å². The number of aromatic nitrogens is 2. The summed E-state index contributed by atoms with van der Waals surface area (Å²) < 4.78 is 0.402. The summed E-state index contributed by atoms with van der Waals surface area (Å²) in [4.78, 5) is 13.3. The molecule has 2 rings (SSSR count). The van der Waals surface area contributed by atoms with Crippen LogP contribution >= 0.6 is 36.6 Å². The van der Waals surface area contributed by atoms with Gasteiger partial charge < -0.3 is 0 Å². The van der Waals surface area contributed by atoms with Crippen LogP contribution in [0.15, 0.2) is 23.3 Å². The van der Waals surface area contributed by atoms with Crippen LogP contribution in [0.4, 0.5) is 5.13 Å². The Bertz CT molecular complexity index is 426. The van der Waals surface area contributed by atoms with Crippen molar-refractivity contribution in [1.82, 2.24) is 9.97 Å². The minimum Gasteiger partial charge on any atom is -0.244 e. The molecule has 0 unspecified atom stereocenters. The maximum Gasteiger partial charge on any atom is 0.213 e. The summed E-state index contributed by atoms with van der Waals surface area (Å²) in [6.07, 6.45) is 1.73. The molecule has 0 amide bonds. The Hall–Kier alpha value is -0.590. The van der Waals surface area contributed by atoms with E-state index in [-0.39, 0.29) is 0 Å². The quantitative estimate of drug-likeness (QED) is 0.446. The molecular formula is C7H5N3S3. The van der Waals surface area contributed by atoms with Crippen LogP contribution in [-0.2, 0) is 0 Å². The van der Waals surface area contributed by atoms with Crippen LogP contribution in [0.3, 0.4) is 0 Å². The van der Waals surface area contributed by atoms with Gasteiger partial charge in [-0.3, -0.25) is 0 Å². The van der Waals surface area contributed by atoms with E-state index >= 15 is 0 Å². The van der Waals surface area contributed by atoms with Gasteiger partial charge in [-0.05, 0) is 12.1 Å². The van der Waals surface area contributed by atoms with Gasteiger partial charge in [0.2, 0.25) is 5.13 Å². The van der Waals surface area contributed by atoms with Crippen molar-refractivity contribution >= 4 is 56.4 Å². The second kappa shape index (κ2) is 3.65. The summed E-state index contributed by atoms with van der Waals surface area (Å²) in [6, 6.07) is 3.74. The monoisotopic (exact) mass is 227 g/mol. The molecule has 0 atom stereocenters. The van der Waals surface area contributed by atoms with E-state index in [9.17, 15) is 0 Å². The highest BCUT2D eigenvalue weighted by molar-refractivity contribution is 8.23. The molecule has 2 aromatic heterocycles. The van der Waals surface area contributed by atoms with Crippen molar-refractivity contribution in [2.45, 2.75) is 0 Å². The van der Waals surface area contributed by atoms with E-state index in [1.165, 1.54) is 11.3 Å². The molecule has 0 aliphatic heterocycles. The average Bonchev–Trinajstić information content (AvgIpc) is 2.44. The highest BCUT2D eigenvalue weighted by atomic mass is 32.2. The van der Waals surface area contributed by atoms with Crippen molar-refractivity contribution < 1.29 is 0 Å². The number of thiazole rings is 1. The van der Waals surface area contributed by atoms with E-state index in [2.05, 4.69) is 40.2 Å². The third kappa shape index (κ3) is 2.01. The summed E-state index contributed by atoms with van der Waals surface area (Å²) in [5.74, 6) is 0. The lowest BCUT2D eigenvalue weighted by atomic mass is 10.5. The van der Waals surface area contributed by atoms with Gasteiger partial charge in [-0.25, -0.2) is 15.0 Å². The fourth-order valence-electron chi connectivity index (χ4n) is 0.892. The Morgan fingerprint density at radius 2 is 2.31 bits per heavy atom. The first-order valence-electron chi connectivity index (χ1n) is 3.44. The van der Waals surface area contributed by atoms with Gasteiger partial charge in [0.15, 0.2) is 0 Å². The van der Waals surface area contributed by atoms with Gasteiger partial charge in [0.1, 0.15) is 14.7 Å². The van der Waals surface area contributed by atoms with Crippen molar-refractivity contribution in [1.29, 1.82) is 0 Å². The first-order valence-corrected chi connectivity index (χ1v) is 5.15. The number of rotatable bonds is 1. The molecule has 0 aromatic carbocycles. The van der Waals surface area contributed by atoms with Crippen LogP contribution in [0.25, 0.3) is 10.3 Å². The maximum absolute atomic E-state index is 4.22. The normalized spacial score (nSPS) is 10.3. The third-order valence-corrected chi connectivity index (χ3v) is 2.42. The molecule has 0 N–H and O–H groups in total. The second-order valence-electron chi connectivity index (χ2n) is 2.24. The fourth-order valence-corrected chi connectivity index (χ4v) is 2.00. The zero-order valence-corrected chi connectivity index (χ0v) is 8.98. The Balaban J connectivity index is 2.56. The molecule has 0 spiro atoms. The molecule has 2 aromatic rings. The van der Waals surface area contributed by atoms with Gasteiger partial charge >= 0.3 is 0 Å². The topological polar surface area (TPSA) is 38.1 Å². The molecule has 0 radical (unpaired) electrons. The van der Waals surface area contributed by atoms with Gasteiger partial charge in [0.25, 0.3) is 0 Å². The summed E-state index contributed by atoms with van der Waals surface area (Å²) in [7, 11) is 0. The number of nitrogens with zero attached hydrogens (tertiary/aromatic N) is 3. The molecule has 6 heteroatoms. The standard InChI is InChI=1S/C7H5N3S3/c11-7(12)10-6-9-4-2-1-3-8-5(4)13-6/h1-3H,(H2,9,10,11,12). The molecule has 13 heavy (non-hydrogen) atoms. The van der Waals surface area contributed by atoms with Gasteiger partial charge in [0, 0.05) is 6.20 Å². The summed E-state index contributed by atoms with van der Waals surface area (Å²) in [6.45, 7) is 0.